The van der Waals surface area contributed by atoms with Gasteiger partial charge in [-0.25, -0.2) is 0 Å². The lowest BCUT2D eigenvalue weighted by atomic mass is 10.4. The first-order valence-corrected chi connectivity index (χ1v) is 5.17. The molecule has 0 fully saturated rings. The smallest absolute Gasteiger partial charge is 0.232 e. The largest absolute Gasteiger partial charge is 0.379 e. The van der Waals surface area contributed by atoms with Gasteiger partial charge in [-0.15, -0.1) is 6.42 Å². The van der Waals surface area contributed by atoms with Crippen LogP contribution in [0.3, 0.4) is 0 Å². The Kier molecular flexibility index (Phi) is 11.1. The second-order valence-electron chi connectivity index (χ2n) is 2.91. The number of terminal acetylenes is 1. The van der Waals surface area contributed by atoms with E-state index in [4.69, 9.17) is 21.4 Å². The molecule has 0 aliphatic rings. The zero-order valence-electron chi connectivity index (χ0n) is 9.59. The summed E-state index contributed by atoms with van der Waals surface area (Å²) >= 11 is 0. The van der Waals surface area contributed by atoms with Crippen molar-refractivity contribution in [3.05, 3.63) is 10.4 Å². The number of hydrogen-bond donors (Lipinski definition) is 1. The van der Waals surface area contributed by atoms with Crippen molar-refractivity contribution < 1.29 is 14.3 Å². The van der Waals surface area contributed by atoms with Crippen LogP contribution in [0.4, 0.5) is 0 Å². The number of carbonyl (C=O) groups is 1. The first-order chi connectivity index (χ1) is 8.31. The Labute approximate surface area is 100 Å². The van der Waals surface area contributed by atoms with Crippen molar-refractivity contribution in [2.75, 3.05) is 39.5 Å². The molecule has 0 saturated heterocycles. The predicted molar refractivity (Wildman–Crippen MR) is 62.1 cm³/mol. The molecule has 1 N–H and O–H groups in total. The molecule has 7 heteroatoms. The summed E-state index contributed by atoms with van der Waals surface area (Å²) in [5.74, 6) is 2.07. The van der Waals surface area contributed by atoms with E-state index in [-0.39, 0.29) is 12.3 Å². The molecular weight excluding hydrogens is 224 g/mol. The molecule has 17 heavy (non-hydrogen) atoms. The molecule has 0 aliphatic heterocycles. The van der Waals surface area contributed by atoms with Crippen molar-refractivity contribution in [3.8, 4) is 12.3 Å². The van der Waals surface area contributed by atoms with Gasteiger partial charge >= 0.3 is 0 Å². The number of nitrogens with zero attached hydrogens (tertiary/aromatic N) is 3. The molecule has 0 aromatic carbocycles. The van der Waals surface area contributed by atoms with Crippen molar-refractivity contribution >= 4 is 5.91 Å². The molecule has 0 rings (SSSR count). The van der Waals surface area contributed by atoms with Gasteiger partial charge in [0, 0.05) is 18.0 Å². The quantitative estimate of drug-likeness (QED) is 0.197. The minimum absolute atomic E-state index is 0.0858. The van der Waals surface area contributed by atoms with Crippen LogP contribution in [0, 0.1) is 12.3 Å². The Morgan fingerprint density at radius 1 is 1.35 bits per heavy atom. The van der Waals surface area contributed by atoms with Crippen LogP contribution in [0.2, 0.25) is 0 Å². The SMILES string of the molecule is C#CCC(=O)NCCOCCOCCN=[N+]=[N-]. The van der Waals surface area contributed by atoms with E-state index < -0.39 is 0 Å². The molecule has 0 aromatic heterocycles. The fourth-order valence-electron chi connectivity index (χ4n) is 0.890. The molecule has 0 aliphatic carbocycles. The van der Waals surface area contributed by atoms with Crippen LogP contribution in [0.25, 0.3) is 10.4 Å². The molecule has 94 valence electrons. The maximum atomic E-state index is 10.9. The van der Waals surface area contributed by atoms with E-state index in [1.165, 1.54) is 0 Å². The summed E-state index contributed by atoms with van der Waals surface area (Å²) < 4.78 is 10.3. The third-order valence-corrected chi connectivity index (χ3v) is 1.60. The lowest BCUT2D eigenvalue weighted by Crippen LogP contribution is -2.27. The first kappa shape index (κ1) is 15.3. The second-order valence-corrected chi connectivity index (χ2v) is 2.91. The number of ether oxygens (including phenoxy) is 2. The van der Waals surface area contributed by atoms with Crippen molar-refractivity contribution in [3.63, 3.8) is 0 Å². The summed E-state index contributed by atoms with van der Waals surface area (Å²) in [7, 11) is 0. The number of hydrogen-bond acceptors (Lipinski definition) is 4. The number of carbonyl (C=O) groups excluding carboxylic acids is 1. The van der Waals surface area contributed by atoms with Crippen molar-refractivity contribution in [1.29, 1.82) is 0 Å². The third-order valence-electron chi connectivity index (χ3n) is 1.60. The summed E-state index contributed by atoms with van der Waals surface area (Å²) in [5, 5.41) is 5.91. The Morgan fingerprint density at radius 2 is 2.06 bits per heavy atom. The highest BCUT2D eigenvalue weighted by Crippen LogP contribution is 1.81. The van der Waals surface area contributed by atoms with Gasteiger partial charge in [0.25, 0.3) is 0 Å². The Bertz CT molecular complexity index is 294. The Morgan fingerprint density at radius 3 is 2.71 bits per heavy atom. The molecule has 0 aromatic rings. The average molecular weight is 240 g/mol. The lowest BCUT2D eigenvalue weighted by Gasteiger charge is -2.05. The molecule has 0 atom stereocenters. The predicted octanol–water partition coefficient (Wildman–Crippen LogP) is 0.469. The molecule has 7 nitrogen and oxygen atoms in total. The third kappa shape index (κ3) is 12.2. The highest BCUT2D eigenvalue weighted by Gasteiger charge is 1.96. The fourth-order valence-corrected chi connectivity index (χ4v) is 0.890. The van der Waals surface area contributed by atoms with Crippen molar-refractivity contribution in [1.82, 2.24) is 5.32 Å². The average Bonchev–Trinajstić information content (AvgIpc) is 2.32. The van der Waals surface area contributed by atoms with Gasteiger partial charge in [0.1, 0.15) is 0 Å². The summed E-state index contributed by atoms with van der Waals surface area (Å²) in [5.41, 5.74) is 7.98. The number of azide groups is 1. The van der Waals surface area contributed by atoms with Crippen LogP contribution in [0.5, 0.6) is 0 Å². The minimum atomic E-state index is -0.179. The van der Waals surface area contributed by atoms with Gasteiger partial charge in [-0.2, -0.15) is 0 Å². The van der Waals surface area contributed by atoms with Crippen molar-refractivity contribution in [2.24, 2.45) is 5.11 Å². The van der Waals surface area contributed by atoms with Crippen LogP contribution in [0.15, 0.2) is 5.11 Å². The van der Waals surface area contributed by atoms with Gasteiger partial charge < -0.3 is 14.8 Å². The van der Waals surface area contributed by atoms with Crippen LogP contribution < -0.4 is 5.32 Å². The highest BCUT2D eigenvalue weighted by atomic mass is 16.5. The standard InChI is InChI=1S/C10H16N4O3/c1-2-3-10(15)12-4-6-16-8-9-17-7-5-13-14-11/h1H,3-9H2,(H,12,15). The topological polar surface area (TPSA) is 96.3 Å². The second kappa shape index (κ2) is 12.3. The maximum Gasteiger partial charge on any atom is 0.232 e. The molecule has 0 saturated carbocycles. The molecule has 0 unspecified atom stereocenters. The first-order valence-electron chi connectivity index (χ1n) is 5.17. The van der Waals surface area contributed by atoms with Gasteiger partial charge in [0.2, 0.25) is 5.91 Å². The van der Waals surface area contributed by atoms with Gasteiger partial charge in [0.15, 0.2) is 0 Å². The number of rotatable bonds is 10. The minimum Gasteiger partial charge on any atom is -0.379 e. The molecule has 0 spiro atoms. The van der Waals surface area contributed by atoms with E-state index in [1.54, 1.807) is 0 Å². The molecule has 1 amide bonds. The molecule has 0 heterocycles. The van der Waals surface area contributed by atoms with E-state index in [9.17, 15) is 4.79 Å². The van der Waals surface area contributed by atoms with E-state index in [0.29, 0.717) is 39.5 Å². The monoisotopic (exact) mass is 240 g/mol. The van der Waals surface area contributed by atoms with Gasteiger partial charge in [-0.1, -0.05) is 11.0 Å². The maximum absolute atomic E-state index is 10.9. The van der Waals surface area contributed by atoms with Crippen LogP contribution in [-0.4, -0.2) is 45.4 Å². The Balaban J connectivity index is 3.11. The Hall–Kier alpha value is -1.74. The highest BCUT2D eigenvalue weighted by molar-refractivity contribution is 5.78. The molecule has 0 bridgehead atoms. The normalized spacial score (nSPS) is 9.12. The van der Waals surface area contributed by atoms with E-state index in [2.05, 4.69) is 21.3 Å². The number of amides is 1. The van der Waals surface area contributed by atoms with Crippen LogP contribution >= 0.6 is 0 Å². The van der Waals surface area contributed by atoms with Crippen LogP contribution in [0.1, 0.15) is 6.42 Å². The van der Waals surface area contributed by atoms with E-state index in [0.717, 1.165) is 0 Å². The summed E-state index contributed by atoms with van der Waals surface area (Å²) in [6.45, 7) is 2.40. The summed E-state index contributed by atoms with van der Waals surface area (Å²) in [6, 6.07) is 0. The summed E-state index contributed by atoms with van der Waals surface area (Å²) in [6.07, 6.45) is 5.05. The van der Waals surface area contributed by atoms with Crippen molar-refractivity contribution in [2.45, 2.75) is 6.42 Å². The van der Waals surface area contributed by atoms with E-state index >= 15 is 0 Å². The molecular formula is C10H16N4O3. The van der Waals surface area contributed by atoms with Gasteiger partial charge in [-0.3, -0.25) is 4.79 Å². The van der Waals surface area contributed by atoms with Crippen LogP contribution in [-0.2, 0) is 14.3 Å². The molecule has 0 radical (unpaired) electrons. The zero-order chi connectivity index (χ0) is 12.8. The van der Waals surface area contributed by atoms with E-state index in [1.807, 2.05) is 0 Å². The fraction of sp³-hybridized carbons (Fsp3) is 0.700. The lowest BCUT2D eigenvalue weighted by molar-refractivity contribution is -0.120. The van der Waals surface area contributed by atoms with Gasteiger partial charge in [-0.05, 0) is 5.53 Å². The zero-order valence-corrected chi connectivity index (χ0v) is 9.59. The number of nitrogens with one attached hydrogen (secondary N) is 1. The van der Waals surface area contributed by atoms with Gasteiger partial charge in [0.05, 0.1) is 32.8 Å². The summed E-state index contributed by atoms with van der Waals surface area (Å²) in [4.78, 5) is 13.5.